The van der Waals surface area contributed by atoms with Crippen molar-refractivity contribution in [2.75, 3.05) is 0 Å². The molecule has 1 aliphatic heterocycles. The molecule has 0 aliphatic carbocycles. The van der Waals surface area contributed by atoms with Gasteiger partial charge in [-0.2, -0.15) is 24.3 Å². The quantitative estimate of drug-likeness (QED) is 0.154. The van der Waals surface area contributed by atoms with Gasteiger partial charge in [-0.25, -0.2) is 4.98 Å². The summed E-state index contributed by atoms with van der Waals surface area (Å²) in [6, 6.07) is 58.9. The predicted molar refractivity (Wildman–Crippen MR) is 262 cm³/mol. The molecule has 7 heteroatoms. The summed E-state index contributed by atoms with van der Waals surface area (Å²) in [5, 5.41) is 4.78. The van der Waals surface area contributed by atoms with Crippen LogP contribution >= 0.6 is 0 Å². The van der Waals surface area contributed by atoms with Gasteiger partial charge in [0.25, 0.3) is 0 Å². The summed E-state index contributed by atoms with van der Waals surface area (Å²) < 4.78 is 55.2. The Labute approximate surface area is 395 Å². The fraction of sp³-hybridized carbons (Fsp3) is 0.0690. The molecule has 0 radical (unpaired) electrons. The number of hydrogen-bond acceptors (Lipinski definition) is 3. The summed E-state index contributed by atoms with van der Waals surface area (Å²) in [6.45, 7) is 6.44. The average Bonchev–Trinajstić information content (AvgIpc) is 3.91. The average molecular weight is 1030 g/mol. The van der Waals surface area contributed by atoms with Crippen molar-refractivity contribution in [3.63, 3.8) is 0 Å². The maximum absolute atomic E-state index is 9.22. The summed E-state index contributed by atoms with van der Waals surface area (Å²) in [5.41, 5.74) is 9.88. The van der Waals surface area contributed by atoms with Crippen LogP contribution in [0.25, 0.3) is 105 Å². The maximum atomic E-state index is 9.22. The number of hydrogen-bond donors (Lipinski definition) is 0. The van der Waals surface area contributed by atoms with Crippen LogP contribution in [0.1, 0.15) is 31.8 Å². The number of aromatic nitrogens is 4. The molecular formula is C58H41N4O2Pt-3. The number of rotatable bonds is 1. The summed E-state index contributed by atoms with van der Waals surface area (Å²) in [4.78, 5) is 5.06. The molecule has 0 unspecified atom stereocenters. The Hall–Kier alpha value is -7.53. The van der Waals surface area contributed by atoms with E-state index in [-0.39, 0.29) is 50.6 Å². The molecule has 0 fully saturated rings. The number of pyridine rings is 1. The third-order valence-corrected chi connectivity index (χ3v) is 12.0. The van der Waals surface area contributed by atoms with Gasteiger partial charge in [0, 0.05) is 55.7 Å². The second kappa shape index (κ2) is 15.9. The van der Waals surface area contributed by atoms with Crippen LogP contribution in [0, 0.1) is 12.1 Å². The SMILES string of the molecule is [2H]c1c([2H])c([2H])c2c(c1[2H])c1ccc3[c-]c1n2c1cc(C(C)(C)C)c(cn1)c1cccc(c1)oc1cccc(c1)c1cccc(-c2ccccc2)c1n1[cH-]n(c2[c-]c(ccc2)o3)-c2ccccc2-1.[Pt]. The van der Waals surface area contributed by atoms with Gasteiger partial charge >= 0.3 is 0 Å². The smallest absolute Gasteiger partial charge is 0.135 e. The molecule has 8 aromatic carbocycles. The van der Waals surface area contributed by atoms with Crippen LogP contribution in [0.5, 0.6) is 0 Å². The first kappa shape index (κ1) is 35.9. The van der Waals surface area contributed by atoms with Crippen molar-refractivity contribution in [3.05, 3.63) is 212 Å². The van der Waals surface area contributed by atoms with Gasteiger partial charge in [-0.15, -0.1) is 29.1 Å². The molecule has 0 saturated carbocycles. The van der Waals surface area contributed by atoms with Crippen LogP contribution in [-0.4, -0.2) is 18.5 Å². The Morgan fingerprint density at radius 2 is 1.29 bits per heavy atom. The Balaban J connectivity index is 0.00000520. The molecule has 6 nitrogen and oxygen atoms in total. The van der Waals surface area contributed by atoms with E-state index >= 15 is 0 Å². The van der Waals surface area contributed by atoms with Crippen LogP contribution < -0.4 is 0 Å². The Kier molecular flexibility index (Phi) is 8.79. The van der Waals surface area contributed by atoms with Gasteiger partial charge in [0.2, 0.25) is 0 Å². The van der Waals surface area contributed by atoms with Crippen LogP contribution in [0.2, 0.25) is 0 Å². The first-order valence-electron chi connectivity index (χ1n) is 23.3. The monoisotopic (exact) mass is 1020 g/mol. The minimum Gasteiger partial charge on any atom is -0.510 e. The summed E-state index contributed by atoms with van der Waals surface area (Å²) in [6.07, 6.45) is 3.95. The van der Waals surface area contributed by atoms with Crippen LogP contribution in [0.3, 0.4) is 0 Å². The fourth-order valence-corrected chi connectivity index (χ4v) is 9.04. The van der Waals surface area contributed by atoms with Crippen LogP contribution in [-0.2, 0) is 26.5 Å². The van der Waals surface area contributed by atoms with E-state index in [2.05, 4.69) is 127 Å². The van der Waals surface area contributed by atoms with Crippen molar-refractivity contribution in [1.29, 1.82) is 0 Å². The Bertz CT molecular complexity index is 4200. The van der Waals surface area contributed by atoms with E-state index in [0.29, 0.717) is 49.8 Å². The Morgan fingerprint density at radius 1 is 0.600 bits per heavy atom. The molecule has 13 rings (SSSR count). The molecule has 0 atom stereocenters. The number of fused-ring (bicyclic) bond motifs is 5. The van der Waals surface area contributed by atoms with Gasteiger partial charge in [0.15, 0.2) is 0 Å². The third-order valence-electron chi connectivity index (χ3n) is 12.0. The maximum Gasteiger partial charge on any atom is 0.135 e. The summed E-state index contributed by atoms with van der Waals surface area (Å²) >= 11 is 0. The molecule has 5 heterocycles. The molecular weight excluding hydrogens is 980 g/mol. The van der Waals surface area contributed by atoms with Gasteiger partial charge in [0.05, 0.1) is 5.48 Å². The summed E-state index contributed by atoms with van der Waals surface area (Å²) in [5.74, 6) is 0. The number of nitrogens with zero attached hydrogens (tertiary/aromatic N) is 4. The van der Waals surface area contributed by atoms with Crippen molar-refractivity contribution in [2.24, 2.45) is 0 Å². The zero-order chi connectivity index (χ0) is 46.4. The van der Waals surface area contributed by atoms with E-state index < -0.39 is 0 Å². The van der Waals surface area contributed by atoms with Gasteiger partial charge in [-0.3, -0.25) is 0 Å². The zero-order valence-corrected chi connectivity index (χ0v) is 37.9. The second-order valence-electron chi connectivity index (χ2n) is 17.1. The van der Waals surface area contributed by atoms with Gasteiger partial charge in [0.1, 0.15) is 16.8 Å². The molecule has 12 bridgehead atoms. The molecule has 0 N–H and O–H groups in total. The van der Waals surface area contributed by atoms with Crippen molar-refractivity contribution in [1.82, 2.24) is 18.5 Å². The van der Waals surface area contributed by atoms with Gasteiger partial charge in [-0.1, -0.05) is 141 Å². The van der Waals surface area contributed by atoms with E-state index in [0.717, 1.165) is 60.6 Å². The predicted octanol–water partition coefficient (Wildman–Crippen LogP) is 15.3. The van der Waals surface area contributed by atoms with Crippen molar-refractivity contribution in [3.8, 4) is 22.5 Å². The molecule has 12 aromatic rings. The third kappa shape index (κ3) is 7.02. The van der Waals surface area contributed by atoms with Crippen LogP contribution in [0.15, 0.2) is 203 Å². The molecule has 318 valence electrons. The normalized spacial score (nSPS) is 12.7. The van der Waals surface area contributed by atoms with Crippen molar-refractivity contribution >= 4 is 82.4 Å². The minimum atomic E-state index is -0.380. The fourth-order valence-electron chi connectivity index (χ4n) is 9.04. The van der Waals surface area contributed by atoms with E-state index in [1.807, 2.05) is 79.0 Å². The molecule has 4 aromatic heterocycles. The summed E-state index contributed by atoms with van der Waals surface area (Å²) in [7, 11) is 0. The second-order valence-corrected chi connectivity index (χ2v) is 17.1. The largest absolute Gasteiger partial charge is 0.510 e. The first-order chi connectivity index (χ1) is 33.0. The van der Waals surface area contributed by atoms with E-state index in [4.69, 9.17) is 17.9 Å². The standard InChI is InChI=1S/C58H41N4O2.Pt/c1-58(2,3)51-35-56-59-36-50(51)40-18-12-21-43(32-40)63-42-20-11-17-39(31-42)47-25-14-24-46(38-15-5-4-6-16-38)57(47)61-37-60(53-27-9-10-28-54(53)61)41-19-13-22-44(33-41)64-45-29-30-49-48-23-7-8-26-52(48)62(56)55(49)34-45;/h4-32,35-37H,1-3H3;/q-3;/i7D,8D,23D,26D;. The minimum absolute atomic E-state index is 0. The van der Waals surface area contributed by atoms with Crippen molar-refractivity contribution in [2.45, 2.75) is 26.2 Å². The van der Waals surface area contributed by atoms with E-state index in [1.54, 1.807) is 10.5 Å². The van der Waals surface area contributed by atoms with Crippen LogP contribution in [0.4, 0.5) is 0 Å². The van der Waals surface area contributed by atoms with Crippen molar-refractivity contribution < 1.29 is 35.4 Å². The molecule has 0 amide bonds. The number of benzene rings is 8. The van der Waals surface area contributed by atoms with E-state index in [1.165, 1.54) is 0 Å². The number of para-hydroxylation sites is 4. The number of imidazole rings is 1. The first-order valence-corrected chi connectivity index (χ1v) is 21.3. The zero-order valence-electron chi connectivity index (χ0n) is 39.6. The molecule has 65 heavy (non-hydrogen) atoms. The topological polar surface area (TPSA) is 53.4 Å². The molecule has 0 spiro atoms. The molecule has 1 aliphatic rings. The molecule has 0 saturated heterocycles. The van der Waals surface area contributed by atoms with Gasteiger partial charge in [-0.05, 0) is 96.9 Å². The Morgan fingerprint density at radius 3 is 2.08 bits per heavy atom. The van der Waals surface area contributed by atoms with E-state index in [9.17, 15) is 1.37 Å². The van der Waals surface area contributed by atoms with Gasteiger partial charge < -0.3 is 22.4 Å².